The monoisotopic (exact) mass is 175 g/mol. The lowest BCUT2D eigenvalue weighted by atomic mass is 10.2. The van der Waals surface area contributed by atoms with Gasteiger partial charge in [0.1, 0.15) is 11.4 Å². The highest BCUT2D eigenvalue weighted by Crippen LogP contribution is 2.18. The van der Waals surface area contributed by atoms with Crippen molar-refractivity contribution in [3.63, 3.8) is 0 Å². The molecule has 1 aromatic heterocycles. The van der Waals surface area contributed by atoms with E-state index in [9.17, 15) is 0 Å². The average molecular weight is 175 g/mol. The summed E-state index contributed by atoms with van der Waals surface area (Å²) in [4.78, 5) is 0. The van der Waals surface area contributed by atoms with Gasteiger partial charge in [0.25, 0.3) is 0 Å². The van der Waals surface area contributed by atoms with Crippen molar-refractivity contribution in [2.45, 2.75) is 0 Å². The van der Waals surface area contributed by atoms with Crippen LogP contribution < -0.4 is 4.74 Å². The molecule has 0 aliphatic rings. The van der Waals surface area contributed by atoms with Gasteiger partial charge in [-0.05, 0) is 24.3 Å². The van der Waals surface area contributed by atoms with Gasteiger partial charge in [0.2, 0.25) is 0 Å². The Kier molecular flexibility index (Phi) is 1.96. The predicted octanol–water partition coefficient (Wildman–Crippen LogP) is 1.48. The molecule has 0 unspecified atom stereocenters. The second-order valence-electron chi connectivity index (χ2n) is 2.58. The highest BCUT2D eigenvalue weighted by Gasteiger charge is 1.99. The highest BCUT2D eigenvalue weighted by atomic mass is 16.5. The van der Waals surface area contributed by atoms with Crippen molar-refractivity contribution in [2.24, 2.45) is 0 Å². The van der Waals surface area contributed by atoms with E-state index in [0.29, 0.717) is 0 Å². The number of hydrogen-bond acceptors (Lipinski definition) is 3. The number of methoxy groups -OCH3 is 1. The summed E-state index contributed by atoms with van der Waals surface area (Å²) in [6.45, 7) is 0. The summed E-state index contributed by atoms with van der Waals surface area (Å²) in [6.07, 6.45) is 1.68. The molecule has 0 amide bonds. The number of H-pyrrole nitrogens is 1. The Bertz CT molecular complexity index is 366. The van der Waals surface area contributed by atoms with Gasteiger partial charge in [0.05, 0.1) is 13.3 Å². The Hall–Kier alpha value is -1.84. The van der Waals surface area contributed by atoms with E-state index in [2.05, 4.69) is 15.4 Å². The molecule has 1 N–H and O–H groups in total. The van der Waals surface area contributed by atoms with Gasteiger partial charge in [-0.15, -0.1) is 0 Å². The standard InChI is InChI=1S/C9H9N3O/c1-13-8-4-2-7(3-5-8)9-6-10-12-11-9/h2-6H,1H3,(H,10,11,12). The number of aromatic amines is 1. The third-order valence-electron chi connectivity index (χ3n) is 1.80. The van der Waals surface area contributed by atoms with Gasteiger partial charge in [-0.1, -0.05) is 0 Å². The third-order valence-corrected chi connectivity index (χ3v) is 1.80. The van der Waals surface area contributed by atoms with Gasteiger partial charge in [0.15, 0.2) is 0 Å². The summed E-state index contributed by atoms with van der Waals surface area (Å²) in [5, 5.41) is 10.3. The Morgan fingerprint density at radius 1 is 1.23 bits per heavy atom. The molecule has 4 nitrogen and oxygen atoms in total. The molecule has 13 heavy (non-hydrogen) atoms. The summed E-state index contributed by atoms with van der Waals surface area (Å²) in [5.74, 6) is 0.840. The van der Waals surface area contributed by atoms with E-state index in [4.69, 9.17) is 4.74 Å². The fourth-order valence-corrected chi connectivity index (χ4v) is 1.10. The van der Waals surface area contributed by atoms with Crippen LogP contribution in [0.5, 0.6) is 5.75 Å². The predicted molar refractivity (Wildman–Crippen MR) is 48.4 cm³/mol. The molecule has 66 valence electrons. The molecule has 0 saturated carbocycles. The molecule has 0 saturated heterocycles. The summed E-state index contributed by atoms with van der Waals surface area (Å²) >= 11 is 0. The van der Waals surface area contributed by atoms with Gasteiger partial charge in [-0.25, -0.2) is 0 Å². The minimum absolute atomic E-state index is 0.836. The second-order valence-corrected chi connectivity index (χ2v) is 2.58. The molecule has 0 fully saturated rings. The van der Waals surface area contributed by atoms with Crippen molar-refractivity contribution in [3.05, 3.63) is 30.5 Å². The van der Waals surface area contributed by atoms with Gasteiger partial charge >= 0.3 is 0 Å². The first kappa shape index (κ1) is 7.79. The van der Waals surface area contributed by atoms with Crippen molar-refractivity contribution in [3.8, 4) is 17.0 Å². The van der Waals surface area contributed by atoms with Crippen LogP contribution in [-0.4, -0.2) is 22.5 Å². The minimum Gasteiger partial charge on any atom is -0.497 e. The summed E-state index contributed by atoms with van der Waals surface area (Å²) in [6, 6.07) is 7.67. The summed E-state index contributed by atoms with van der Waals surface area (Å²) in [5.41, 5.74) is 1.86. The van der Waals surface area contributed by atoms with Crippen molar-refractivity contribution >= 4 is 0 Å². The first-order valence-electron chi connectivity index (χ1n) is 3.90. The van der Waals surface area contributed by atoms with E-state index >= 15 is 0 Å². The van der Waals surface area contributed by atoms with Gasteiger partial charge in [-0.2, -0.15) is 15.4 Å². The van der Waals surface area contributed by atoms with E-state index in [0.717, 1.165) is 17.0 Å². The zero-order valence-corrected chi connectivity index (χ0v) is 7.19. The van der Waals surface area contributed by atoms with Crippen LogP contribution in [0.1, 0.15) is 0 Å². The first-order valence-corrected chi connectivity index (χ1v) is 3.90. The maximum Gasteiger partial charge on any atom is 0.118 e. The van der Waals surface area contributed by atoms with E-state index in [1.165, 1.54) is 0 Å². The van der Waals surface area contributed by atoms with Crippen LogP contribution in [0.4, 0.5) is 0 Å². The SMILES string of the molecule is COc1ccc(-c2cn[nH]n2)cc1. The van der Waals surface area contributed by atoms with Crippen LogP contribution >= 0.6 is 0 Å². The number of nitrogens with zero attached hydrogens (tertiary/aromatic N) is 2. The van der Waals surface area contributed by atoms with Crippen LogP contribution in [-0.2, 0) is 0 Å². The zero-order chi connectivity index (χ0) is 9.10. The number of nitrogens with one attached hydrogen (secondary N) is 1. The number of aromatic nitrogens is 3. The minimum atomic E-state index is 0.836. The lowest BCUT2D eigenvalue weighted by Gasteiger charge is -1.99. The average Bonchev–Trinajstić information content (AvgIpc) is 2.71. The highest BCUT2D eigenvalue weighted by molar-refractivity contribution is 5.58. The van der Waals surface area contributed by atoms with Crippen molar-refractivity contribution in [1.29, 1.82) is 0 Å². The molecule has 0 radical (unpaired) electrons. The molecule has 0 aliphatic heterocycles. The van der Waals surface area contributed by atoms with Crippen LogP contribution in [0, 0.1) is 0 Å². The molecule has 0 bridgehead atoms. The summed E-state index contributed by atoms with van der Waals surface area (Å²) in [7, 11) is 1.64. The van der Waals surface area contributed by atoms with Crippen LogP contribution in [0.25, 0.3) is 11.3 Å². The molecule has 1 heterocycles. The maximum atomic E-state index is 5.04. The van der Waals surface area contributed by atoms with E-state index in [1.54, 1.807) is 13.3 Å². The Morgan fingerprint density at radius 2 is 2.00 bits per heavy atom. The topological polar surface area (TPSA) is 50.8 Å². The van der Waals surface area contributed by atoms with Gasteiger partial charge in [0, 0.05) is 5.56 Å². The van der Waals surface area contributed by atoms with E-state index in [1.807, 2.05) is 24.3 Å². The fourth-order valence-electron chi connectivity index (χ4n) is 1.10. The van der Waals surface area contributed by atoms with Crippen LogP contribution in [0.3, 0.4) is 0 Å². The number of hydrogen-bond donors (Lipinski definition) is 1. The molecule has 1 aromatic carbocycles. The largest absolute Gasteiger partial charge is 0.497 e. The fraction of sp³-hybridized carbons (Fsp3) is 0.111. The van der Waals surface area contributed by atoms with Crippen LogP contribution in [0.2, 0.25) is 0 Å². The maximum absolute atomic E-state index is 5.04. The molecule has 2 rings (SSSR count). The molecule has 0 atom stereocenters. The molecular weight excluding hydrogens is 166 g/mol. The lowest BCUT2D eigenvalue weighted by Crippen LogP contribution is -1.82. The Balaban J connectivity index is 2.33. The van der Waals surface area contributed by atoms with E-state index < -0.39 is 0 Å². The zero-order valence-electron chi connectivity index (χ0n) is 7.19. The third kappa shape index (κ3) is 1.51. The van der Waals surface area contributed by atoms with E-state index in [-0.39, 0.29) is 0 Å². The molecular formula is C9H9N3O. The van der Waals surface area contributed by atoms with Crippen molar-refractivity contribution in [2.75, 3.05) is 7.11 Å². The van der Waals surface area contributed by atoms with Gasteiger partial charge < -0.3 is 4.74 Å². The normalized spacial score (nSPS) is 9.92. The smallest absolute Gasteiger partial charge is 0.118 e. The number of rotatable bonds is 2. The first-order chi connectivity index (χ1) is 6.40. The molecule has 4 heteroatoms. The number of benzene rings is 1. The van der Waals surface area contributed by atoms with Crippen LogP contribution in [0.15, 0.2) is 30.5 Å². The molecule has 0 aliphatic carbocycles. The lowest BCUT2D eigenvalue weighted by molar-refractivity contribution is 0.415. The molecule has 2 aromatic rings. The van der Waals surface area contributed by atoms with Crippen molar-refractivity contribution < 1.29 is 4.74 Å². The molecule has 0 spiro atoms. The quantitative estimate of drug-likeness (QED) is 0.752. The van der Waals surface area contributed by atoms with Crippen molar-refractivity contribution in [1.82, 2.24) is 15.4 Å². The Morgan fingerprint density at radius 3 is 2.54 bits per heavy atom. The number of ether oxygens (including phenoxy) is 1. The van der Waals surface area contributed by atoms with Gasteiger partial charge in [-0.3, -0.25) is 0 Å². The Labute approximate surface area is 75.6 Å². The second kappa shape index (κ2) is 3.26. The summed E-state index contributed by atoms with van der Waals surface area (Å²) < 4.78 is 5.04.